The van der Waals surface area contributed by atoms with Crippen LogP contribution in [-0.4, -0.2) is 29.3 Å². The number of nitrogens with zero attached hydrogens (tertiary/aromatic N) is 1. The second-order valence-electron chi connectivity index (χ2n) is 5.38. The van der Waals surface area contributed by atoms with Crippen molar-refractivity contribution in [2.75, 3.05) is 0 Å². The van der Waals surface area contributed by atoms with Crippen LogP contribution in [0, 0.1) is 6.92 Å². The predicted octanol–water partition coefficient (Wildman–Crippen LogP) is 2.25. The Morgan fingerprint density at radius 2 is 2.28 bits per heavy atom. The van der Waals surface area contributed by atoms with Crippen LogP contribution in [0.15, 0.2) is 29.3 Å². The Hall–Kier alpha value is -1.35. The van der Waals surface area contributed by atoms with Crippen molar-refractivity contribution in [3.8, 4) is 0 Å². The molecule has 0 spiro atoms. The summed E-state index contributed by atoms with van der Waals surface area (Å²) in [6.07, 6.45) is 3.19. The quantitative estimate of drug-likeness (QED) is 0.868. The van der Waals surface area contributed by atoms with Crippen LogP contribution in [0.5, 0.6) is 0 Å². The van der Waals surface area contributed by atoms with E-state index in [9.17, 15) is 5.11 Å². The van der Waals surface area contributed by atoms with Gasteiger partial charge in [0.05, 0.1) is 12.1 Å². The summed E-state index contributed by atoms with van der Waals surface area (Å²) in [7, 11) is 0. The Labute approximate surface area is 108 Å². The third kappa shape index (κ3) is 2.41. The van der Waals surface area contributed by atoms with E-state index in [1.807, 2.05) is 0 Å². The summed E-state index contributed by atoms with van der Waals surface area (Å²) in [6, 6.07) is 8.71. The number of ether oxygens (including phenoxy) is 1. The molecule has 1 aromatic rings. The minimum absolute atomic E-state index is 0.105. The molecule has 3 rings (SSSR count). The number of hydrogen-bond donors (Lipinski definition) is 1. The molecule has 1 aromatic carbocycles. The summed E-state index contributed by atoms with van der Waals surface area (Å²) >= 11 is 0. The Bertz CT molecular complexity index is 469. The number of fused-ring (bicyclic) bond motifs is 1. The highest BCUT2D eigenvalue weighted by Gasteiger charge is 2.36. The van der Waals surface area contributed by atoms with Gasteiger partial charge < -0.3 is 9.84 Å². The van der Waals surface area contributed by atoms with E-state index in [1.165, 1.54) is 11.1 Å². The van der Waals surface area contributed by atoms with Gasteiger partial charge >= 0.3 is 0 Å². The predicted molar refractivity (Wildman–Crippen MR) is 70.8 cm³/mol. The number of benzene rings is 1. The standard InChI is InChI=1S/C15H19NO2/c1-10-3-2-4-11(7-10)8-15-16-13-6-5-12(17)9-14(13)18-15/h2-4,7,12-14,17H,5-6,8-9H2,1H3. The van der Waals surface area contributed by atoms with Crippen molar-refractivity contribution in [2.24, 2.45) is 4.99 Å². The molecule has 1 saturated carbocycles. The van der Waals surface area contributed by atoms with E-state index in [2.05, 4.69) is 36.2 Å². The van der Waals surface area contributed by atoms with Crippen molar-refractivity contribution < 1.29 is 9.84 Å². The Balaban J connectivity index is 1.68. The summed E-state index contributed by atoms with van der Waals surface area (Å²) in [5, 5.41) is 9.64. The lowest BCUT2D eigenvalue weighted by atomic mass is 9.91. The lowest BCUT2D eigenvalue weighted by molar-refractivity contribution is 0.0497. The lowest BCUT2D eigenvalue weighted by Crippen LogP contribution is -2.33. The van der Waals surface area contributed by atoms with Crippen molar-refractivity contribution in [3.05, 3.63) is 35.4 Å². The van der Waals surface area contributed by atoms with Crippen LogP contribution in [-0.2, 0) is 11.2 Å². The van der Waals surface area contributed by atoms with Gasteiger partial charge in [-0.05, 0) is 25.3 Å². The van der Waals surface area contributed by atoms with Gasteiger partial charge in [-0.2, -0.15) is 0 Å². The average molecular weight is 245 g/mol. The molecule has 1 aliphatic heterocycles. The molecule has 3 nitrogen and oxygen atoms in total. The number of aryl methyl sites for hydroxylation is 1. The highest BCUT2D eigenvalue weighted by atomic mass is 16.5. The second kappa shape index (κ2) is 4.73. The first-order valence-electron chi connectivity index (χ1n) is 6.67. The maximum atomic E-state index is 9.64. The van der Waals surface area contributed by atoms with Crippen LogP contribution in [0.2, 0.25) is 0 Å². The summed E-state index contributed by atoms with van der Waals surface area (Å²) in [4.78, 5) is 4.65. The normalized spacial score (nSPS) is 30.6. The number of aliphatic imine (C=N–C) groups is 1. The van der Waals surface area contributed by atoms with Gasteiger partial charge in [0.2, 0.25) is 0 Å². The molecule has 96 valence electrons. The van der Waals surface area contributed by atoms with Crippen LogP contribution >= 0.6 is 0 Å². The Morgan fingerprint density at radius 1 is 1.39 bits per heavy atom. The molecular formula is C15H19NO2. The summed E-state index contributed by atoms with van der Waals surface area (Å²) in [5.74, 6) is 0.838. The molecule has 1 N–H and O–H groups in total. The summed E-state index contributed by atoms with van der Waals surface area (Å²) < 4.78 is 5.87. The van der Waals surface area contributed by atoms with E-state index in [-0.39, 0.29) is 18.2 Å². The van der Waals surface area contributed by atoms with Gasteiger partial charge in [-0.15, -0.1) is 0 Å². The molecular weight excluding hydrogens is 226 g/mol. The van der Waals surface area contributed by atoms with Crippen molar-refractivity contribution in [1.82, 2.24) is 0 Å². The monoisotopic (exact) mass is 245 g/mol. The molecule has 3 unspecified atom stereocenters. The fraction of sp³-hybridized carbons (Fsp3) is 0.533. The maximum absolute atomic E-state index is 9.64. The molecule has 3 atom stereocenters. The van der Waals surface area contributed by atoms with Crippen LogP contribution in [0.3, 0.4) is 0 Å². The third-order valence-corrected chi connectivity index (χ3v) is 3.76. The van der Waals surface area contributed by atoms with Gasteiger partial charge in [0.15, 0.2) is 5.90 Å². The number of aliphatic hydroxyl groups excluding tert-OH is 1. The minimum atomic E-state index is -0.209. The fourth-order valence-corrected chi connectivity index (χ4v) is 2.84. The maximum Gasteiger partial charge on any atom is 0.188 e. The van der Waals surface area contributed by atoms with E-state index in [0.717, 1.165) is 31.6 Å². The molecule has 2 aliphatic rings. The Kier molecular flexibility index (Phi) is 3.08. The molecule has 1 aliphatic carbocycles. The van der Waals surface area contributed by atoms with E-state index < -0.39 is 0 Å². The van der Waals surface area contributed by atoms with Gasteiger partial charge in [0.1, 0.15) is 6.10 Å². The zero-order valence-electron chi connectivity index (χ0n) is 10.7. The minimum Gasteiger partial charge on any atom is -0.475 e. The molecule has 3 heteroatoms. The van der Waals surface area contributed by atoms with E-state index in [0.29, 0.717) is 0 Å². The smallest absolute Gasteiger partial charge is 0.188 e. The van der Waals surface area contributed by atoms with E-state index in [4.69, 9.17) is 4.74 Å². The van der Waals surface area contributed by atoms with Gasteiger partial charge in [0.25, 0.3) is 0 Å². The zero-order chi connectivity index (χ0) is 12.5. The molecule has 0 aromatic heterocycles. The van der Waals surface area contributed by atoms with Gasteiger partial charge in [-0.25, -0.2) is 4.99 Å². The molecule has 0 radical (unpaired) electrons. The van der Waals surface area contributed by atoms with Crippen molar-refractivity contribution in [1.29, 1.82) is 0 Å². The van der Waals surface area contributed by atoms with Crippen LogP contribution in [0.25, 0.3) is 0 Å². The number of hydrogen-bond acceptors (Lipinski definition) is 3. The van der Waals surface area contributed by atoms with Crippen LogP contribution in [0.1, 0.15) is 30.4 Å². The first-order chi connectivity index (χ1) is 8.70. The van der Waals surface area contributed by atoms with E-state index in [1.54, 1.807) is 0 Å². The molecule has 0 saturated heterocycles. The van der Waals surface area contributed by atoms with Crippen molar-refractivity contribution in [3.63, 3.8) is 0 Å². The highest BCUT2D eigenvalue weighted by Crippen LogP contribution is 2.29. The molecule has 0 amide bonds. The van der Waals surface area contributed by atoms with Crippen LogP contribution in [0.4, 0.5) is 0 Å². The topological polar surface area (TPSA) is 41.8 Å². The largest absolute Gasteiger partial charge is 0.475 e. The van der Waals surface area contributed by atoms with Gasteiger partial charge in [0, 0.05) is 12.8 Å². The summed E-state index contributed by atoms with van der Waals surface area (Å²) in [6.45, 7) is 2.09. The number of rotatable bonds is 2. The van der Waals surface area contributed by atoms with Crippen LogP contribution < -0.4 is 0 Å². The number of aliphatic hydroxyl groups is 1. The average Bonchev–Trinajstić information content (AvgIpc) is 2.70. The van der Waals surface area contributed by atoms with Crippen molar-refractivity contribution >= 4 is 5.90 Å². The zero-order valence-corrected chi connectivity index (χ0v) is 10.7. The lowest BCUT2D eigenvalue weighted by Gasteiger charge is -2.26. The van der Waals surface area contributed by atoms with Crippen molar-refractivity contribution in [2.45, 2.75) is 50.9 Å². The highest BCUT2D eigenvalue weighted by molar-refractivity contribution is 5.80. The summed E-state index contributed by atoms with van der Waals surface area (Å²) in [5.41, 5.74) is 2.51. The first-order valence-corrected chi connectivity index (χ1v) is 6.67. The molecule has 1 fully saturated rings. The van der Waals surface area contributed by atoms with Gasteiger partial charge in [-0.1, -0.05) is 29.8 Å². The van der Waals surface area contributed by atoms with Gasteiger partial charge in [-0.3, -0.25) is 0 Å². The SMILES string of the molecule is Cc1cccc(CC2=NC3CCC(O)CC3O2)c1. The molecule has 1 heterocycles. The molecule has 0 bridgehead atoms. The first kappa shape index (κ1) is 11.7. The fourth-order valence-electron chi connectivity index (χ4n) is 2.84. The molecule has 18 heavy (non-hydrogen) atoms. The second-order valence-corrected chi connectivity index (χ2v) is 5.38. The third-order valence-electron chi connectivity index (χ3n) is 3.76. The van der Waals surface area contributed by atoms with E-state index >= 15 is 0 Å². The Morgan fingerprint density at radius 3 is 3.11 bits per heavy atom.